The fourth-order valence-corrected chi connectivity index (χ4v) is 4.69. The first kappa shape index (κ1) is 23.0. The second-order valence-electron chi connectivity index (χ2n) is 8.43. The normalized spacial score (nSPS) is 19.2. The van der Waals surface area contributed by atoms with E-state index in [9.17, 15) is 14.8 Å². The van der Waals surface area contributed by atoms with Crippen molar-refractivity contribution in [1.82, 2.24) is 4.98 Å². The molecular formula is C25H29N2O6-. The number of hydroxylamine groups is 1. The van der Waals surface area contributed by atoms with E-state index in [4.69, 9.17) is 14.2 Å². The summed E-state index contributed by atoms with van der Waals surface area (Å²) in [6.07, 6.45) is 8.42. The minimum Gasteiger partial charge on any atom is -0.758 e. The summed E-state index contributed by atoms with van der Waals surface area (Å²) in [5.74, 6) is -0.415. The maximum Gasteiger partial charge on any atom is 0.306 e. The number of hydrogen-bond donors (Lipinski definition) is 0. The summed E-state index contributed by atoms with van der Waals surface area (Å²) in [5, 5.41) is 13.8. The van der Waals surface area contributed by atoms with Gasteiger partial charge in [0.05, 0.1) is 37.8 Å². The molecular weight excluding hydrogens is 424 g/mol. The highest BCUT2D eigenvalue weighted by Gasteiger charge is 2.40. The van der Waals surface area contributed by atoms with Gasteiger partial charge in [-0.3, -0.25) is 14.6 Å². The highest BCUT2D eigenvalue weighted by atomic mass is 16.5. The van der Waals surface area contributed by atoms with Crippen LogP contribution in [-0.2, 0) is 9.53 Å². The largest absolute Gasteiger partial charge is 0.758 e. The summed E-state index contributed by atoms with van der Waals surface area (Å²) in [6, 6.07) is 5.81. The lowest BCUT2D eigenvalue weighted by molar-refractivity contribution is -0.141. The molecule has 2 heterocycles. The molecule has 0 saturated heterocycles. The minimum atomic E-state index is -1.09. The van der Waals surface area contributed by atoms with E-state index in [0.717, 1.165) is 25.7 Å². The molecule has 1 aliphatic heterocycles. The van der Waals surface area contributed by atoms with Crippen molar-refractivity contribution < 1.29 is 23.8 Å². The Bertz CT molecular complexity index is 1000. The predicted molar refractivity (Wildman–Crippen MR) is 123 cm³/mol. The number of carbonyl (C=O) groups is 2. The Balaban J connectivity index is 1.68. The quantitative estimate of drug-likeness (QED) is 0.542. The maximum absolute atomic E-state index is 13.1. The first-order chi connectivity index (χ1) is 16.0. The monoisotopic (exact) mass is 453 g/mol. The zero-order valence-electron chi connectivity index (χ0n) is 19.0. The number of carbonyl (C=O) groups excluding carboxylic acids is 2. The van der Waals surface area contributed by atoms with Gasteiger partial charge in [0, 0.05) is 24.0 Å². The first-order valence-corrected chi connectivity index (χ1v) is 11.5. The van der Waals surface area contributed by atoms with Crippen LogP contribution in [0.15, 0.2) is 36.7 Å². The third-order valence-electron chi connectivity index (χ3n) is 6.36. The molecule has 0 spiro atoms. The van der Waals surface area contributed by atoms with Gasteiger partial charge in [0.1, 0.15) is 0 Å². The van der Waals surface area contributed by atoms with E-state index in [-0.39, 0.29) is 29.6 Å². The summed E-state index contributed by atoms with van der Waals surface area (Å²) in [6.45, 7) is 2.31. The molecule has 1 aliphatic carbocycles. The lowest BCUT2D eigenvalue weighted by Crippen LogP contribution is -2.38. The van der Waals surface area contributed by atoms with Crippen molar-refractivity contribution in [2.75, 3.05) is 18.8 Å². The molecule has 2 unspecified atom stereocenters. The van der Waals surface area contributed by atoms with Gasteiger partial charge in [-0.2, -0.15) is 0 Å². The van der Waals surface area contributed by atoms with Crippen molar-refractivity contribution in [2.24, 2.45) is 0 Å². The summed E-state index contributed by atoms with van der Waals surface area (Å²) >= 11 is 0. The number of hydrogen-bond acceptors (Lipinski definition) is 8. The van der Waals surface area contributed by atoms with Crippen molar-refractivity contribution in [2.45, 2.75) is 63.5 Å². The molecule has 8 nitrogen and oxygen atoms in total. The molecule has 176 valence electrons. The summed E-state index contributed by atoms with van der Waals surface area (Å²) < 4.78 is 17.0. The van der Waals surface area contributed by atoms with Gasteiger partial charge in [-0.05, 0) is 56.4 Å². The van der Waals surface area contributed by atoms with Crippen molar-refractivity contribution in [3.05, 3.63) is 53.0 Å². The molecule has 2 aromatic rings. The topological polar surface area (TPSA) is 101 Å². The van der Waals surface area contributed by atoms with E-state index in [1.165, 1.54) is 32.0 Å². The Labute approximate surface area is 193 Å². The molecule has 0 amide bonds. The van der Waals surface area contributed by atoms with Crippen LogP contribution >= 0.6 is 0 Å². The molecule has 0 bridgehead atoms. The highest BCUT2D eigenvalue weighted by Crippen LogP contribution is 2.41. The number of methoxy groups -OCH3 is 1. The predicted octanol–water partition coefficient (Wildman–Crippen LogP) is 4.41. The van der Waals surface area contributed by atoms with Gasteiger partial charge in [0.2, 0.25) is 0 Å². The molecule has 2 aliphatic rings. The van der Waals surface area contributed by atoms with Gasteiger partial charge in [-0.1, -0.05) is 12.5 Å². The number of pyridine rings is 1. The number of esters is 1. The van der Waals surface area contributed by atoms with E-state index in [1.807, 2.05) is 13.0 Å². The Hall–Kier alpha value is -3.13. The number of Topliss-reactive ketones (excluding diaryl/α,β-unsaturated/α-hetero) is 1. The van der Waals surface area contributed by atoms with Crippen LogP contribution in [0.1, 0.15) is 67.3 Å². The van der Waals surface area contributed by atoms with E-state index in [0.29, 0.717) is 28.7 Å². The lowest BCUT2D eigenvalue weighted by Gasteiger charge is -2.37. The zero-order chi connectivity index (χ0) is 23.4. The maximum atomic E-state index is 13.1. The second kappa shape index (κ2) is 10.2. The fourth-order valence-electron chi connectivity index (χ4n) is 4.69. The molecule has 1 aromatic carbocycles. The van der Waals surface area contributed by atoms with Gasteiger partial charge in [-0.25, -0.2) is 0 Å². The van der Waals surface area contributed by atoms with Crippen LogP contribution in [0.2, 0.25) is 0 Å². The fraction of sp³-hybridized carbons (Fsp3) is 0.480. The molecule has 8 heteroatoms. The Kier molecular flexibility index (Phi) is 7.13. The van der Waals surface area contributed by atoms with E-state index in [2.05, 4.69) is 4.98 Å². The molecule has 4 rings (SSSR count). The SMILES string of the molecule is CCOc1cc(C(CC(=O)OC)C2C(=O)c3cnccc3N2[O-])ccc1OC1CCCCC1. The summed E-state index contributed by atoms with van der Waals surface area (Å²) in [7, 11) is 1.29. The van der Waals surface area contributed by atoms with E-state index in [1.54, 1.807) is 12.1 Å². The zero-order valence-corrected chi connectivity index (χ0v) is 19.0. The van der Waals surface area contributed by atoms with Crippen molar-refractivity contribution in [3.8, 4) is 11.5 Å². The van der Waals surface area contributed by atoms with Crippen LogP contribution in [0, 0.1) is 5.21 Å². The molecule has 2 atom stereocenters. The van der Waals surface area contributed by atoms with Gasteiger partial charge in [0.15, 0.2) is 17.3 Å². The van der Waals surface area contributed by atoms with Crippen LogP contribution < -0.4 is 14.5 Å². The molecule has 0 N–H and O–H groups in total. The molecule has 1 saturated carbocycles. The number of rotatable bonds is 8. The average molecular weight is 454 g/mol. The minimum absolute atomic E-state index is 0.124. The molecule has 33 heavy (non-hydrogen) atoms. The number of benzene rings is 1. The van der Waals surface area contributed by atoms with Crippen LogP contribution in [0.5, 0.6) is 11.5 Å². The second-order valence-corrected chi connectivity index (χ2v) is 8.43. The third-order valence-corrected chi connectivity index (χ3v) is 6.36. The third kappa shape index (κ3) is 4.80. The highest BCUT2D eigenvalue weighted by molar-refractivity contribution is 6.11. The van der Waals surface area contributed by atoms with Gasteiger partial charge in [-0.15, -0.1) is 0 Å². The molecule has 1 aromatic heterocycles. The van der Waals surface area contributed by atoms with E-state index < -0.39 is 17.9 Å². The van der Waals surface area contributed by atoms with Crippen molar-refractivity contribution in [3.63, 3.8) is 0 Å². The number of fused-ring (bicyclic) bond motifs is 1. The standard InChI is InChI=1S/C25H29N2O6/c1-3-32-22-13-16(9-10-21(22)33-17-7-5-4-6-8-17)18(14-23(28)31-2)24-25(29)19-15-26-12-11-20(19)27(24)30/h9-13,15,17-18,24H,3-8,14H2,1-2H3/q-1. The first-order valence-electron chi connectivity index (χ1n) is 11.5. The Morgan fingerprint density at radius 2 is 2.00 bits per heavy atom. The lowest BCUT2D eigenvalue weighted by atomic mass is 9.86. The van der Waals surface area contributed by atoms with Crippen LogP contribution in [0.3, 0.4) is 0 Å². The smallest absolute Gasteiger partial charge is 0.306 e. The molecule has 0 radical (unpaired) electrons. The van der Waals surface area contributed by atoms with E-state index >= 15 is 0 Å². The summed E-state index contributed by atoms with van der Waals surface area (Å²) in [5.41, 5.74) is 1.16. The van der Waals surface area contributed by atoms with Gasteiger partial charge >= 0.3 is 5.97 Å². The summed E-state index contributed by atoms with van der Waals surface area (Å²) in [4.78, 5) is 29.4. The number of aromatic nitrogens is 1. The number of nitrogens with zero attached hydrogens (tertiary/aromatic N) is 2. The number of ketones is 1. The van der Waals surface area contributed by atoms with Gasteiger partial charge in [0.25, 0.3) is 0 Å². The number of anilines is 1. The van der Waals surface area contributed by atoms with Crippen molar-refractivity contribution >= 4 is 17.4 Å². The Morgan fingerprint density at radius 3 is 2.70 bits per heavy atom. The van der Waals surface area contributed by atoms with Crippen LogP contribution in [0.4, 0.5) is 5.69 Å². The Morgan fingerprint density at radius 1 is 1.21 bits per heavy atom. The average Bonchev–Trinajstić information content (AvgIpc) is 3.09. The van der Waals surface area contributed by atoms with Crippen LogP contribution in [0.25, 0.3) is 0 Å². The molecule has 1 fully saturated rings. The van der Waals surface area contributed by atoms with Crippen molar-refractivity contribution in [1.29, 1.82) is 0 Å². The van der Waals surface area contributed by atoms with Crippen LogP contribution in [-0.4, -0.2) is 42.6 Å². The van der Waals surface area contributed by atoms with Gasteiger partial charge < -0.3 is 24.5 Å². The number of ether oxygens (including phenoxy) is 3.